The summed E-state index contributed by atoms with van der Waals surface area (Å²) in [5, 5.41) is 12.0. The number of benzene rings is 1. The number of carboxylic acids is 1. The molecule has 2 aliphatic rings. The molecule has 0 aliphatic carbocycles. The van der Waals surface area contributed by atoms with Gasteiger partial charge in [-0.25, -0.2) is 0 Å². The van der Waals surface area contributed by atoms with Gasteiger partial charge in [0.2, 0.25) is 0 Å². The number of fused-ring (bicyclic) bond motifs is 1. The third-order valence-electron chi connectivity index (χ3n) is 4.46. The van der Waals surface area contributed by atoms with Gasteiger partial charge < -0.3 is 20.1 Å². The Labute approximate surface area is 139 Å². The van der Waals surface area contributed by atoms with Gasteiger partial charge in [0.25, 0.3) is 11.8 Å². The predicted molar refractivity (Wildman–Crippen MR) is 86.0 cm³/mol. The molecule has 1 aromatic rings. The number of anilines is 1. The summed E-state index contributed by atoms with van der Waals surface area (Å²) >= 11 is 0. The lowest BCUT2D eigenvalue weighted by atomic mass is 9.90. The van der Waals surface area contributed by atoms with Crippen LogP contribution in [0.3, 0.4) is 0 Å². The van der Waals surface area contributed by atoms with E-state index < -0.39 is 18.0 Å². The summed E-state index contributed by atoms with van der Waals surface area (Å²) in [6.07, 6.45) is -0.117. The lowest BCUT2D eigenvalue weighted by Gasteiger charge is -2.35. The zero-order chi connectivity index (χ0) is 17.4. The first-order valence-corrected chi connectivity index (χ1v) is 7.99. The number of hydrogen-bond acceptors (Lipinski definition) is 4. The number of nitrogens with one attached hydrogen (secondary N) is 1. The molecule has 1 fully saturated rings. The quantitative estimate of drug-likeness (QED) is 0.857. The molecule has 1 saturated heterocycles. The van der Waals surface area contributed by atoms with E-state index in [1.807, 2.05) is 6.92 Å². The lowest BCUT2D eigenvalue weighted by Crippen LogP contribution is -2.46. The number of aliphatic carboxylic acids is 1. The van der Waals surface area contributed by atoms with Crippen molar-refractivity contribution in [2.45, 2.75) is 26.4 Å². The topological polar surface area (TPSA) is 95.9 Å². The average molecular weight is 332 g/mol. The van der Waals surface area contributed by atoms with Gasteiger partial charge in [-0.3, -0.25) is 14.4 Å². The maximum atomic E-state index is 12.9. The van der Waals surface area contributed by atoms with Crippen molar-refractivity contribution in [1.82, 2.24) is 4.90 Å². The minimum absolute atomic E-state index is 0.114. The average Bonchev–Trinajstić information content (AvgIpc) is 2.54. The summed E-state index contributed by atoms with van der Waals surface area (Å²) in [4.78, 5) is 37.5. The fourth-order valence-corrected chi connectivity index (χ4v) is 3.26. The third kappa shape index (κ3) is 2.93. The Morgan fingerprint density at radius 1 is 1.29 bits per heavy atom. The molecule has 7 nitrogen and oxygen atoms in total. The van der Waals surface area contributed by atoms with Gasteiger partial charge in [-0.05, 0) is 31.4 Å². The molecular formula is C17H20N2O5. The van der Waals surface area contributed by atoms with Crippen molar-refractivity contribution < 1.29 is 24.2 Å². The Kier molecular flexibility index (Phi) is 4.17. The van der Waals surface area contributed by atoms with E-state index in [-0.39, 0.29) is 24.3 Å². The number of carbonyl (C=O) groups is 3. The van der Waals surface area contributed by atoms with E-state index in [4.69, 9.17) is 4.74 Å². The summed E-state index contributed by atoms with van der Waals surface area (Å²) < 4.78 is 5.61. The lowest BCUT2D eigenvalue weighted by molar-refractivity contribution is -0.143. The molecule has 1 aromatic carbocycles. The summed E-state index contributed by atoms with van der Waals surface area (Å²) in [5.74, 6) is -1.51. The van der Waals surface area contributed by atoms with Gasteiger partial charge in [0.05, 0.1) is 17.2 Å². The highest BCUT2D eigenvalue weighted by Gasteiger charge is 2.35. The van der Waals surface area contributed by atoms with Crippen molar-refractivity contribution in [3.63, 3.8) is 0 Å². The monoisotopic (exact) mass is 332 g/mol. The largest absolute Gasteiger partial charge is 0.481 e. The van der Waals surface area contributed by atoms with Crippen LogP contribution in [0.5, 0.6) is 5.75 Å². The number of carbonyl (C=O) groups excluding carboxylic acids is 2. The second kappa shape index (κ2) is 6.14. The van der Waals surface area contributed by atoms with Crippen LogP contribution in [0.25, 0.3) is 0 Å². The first-order chi connectivity index (χ1) is 11.4. The highest BCUT2D eigenvalue weighted by Crippen LogP contribution is 2.35. The Morgan fingerprint density at radius 3 is 2.75 bits per heavy atom. The van der Waals surface area contributed by atoms with E-state index in [1.54, 1.807) is 30.0 Å². The van der Waals surface area contributed by atoms with Gasteiger partial charge in [-0.15, -0.1) is 0 Å². The molecule has 0 radical (unpaired) electrons. The summed E-state index contributed by atoms with van der Waals surface area (Å²) in [6.45, 7) is 4.25. The van der Waals surface area contributed by atoms with Crippen LogP contribution in [0.15, 0.2) is 18.2 Å². The van der Waals surface area contributed by atoms with Crippen molar-refractivity contribution in [2.75, 3.05) is 18.4 Å². The molecule has 2 aliphatic heterocycles. The van der Waals surface area contributed by atoms with E-state index >= 15 is 0 Å². The molecule has 3 rings (SSSR count). The number of nitrogens with zero attached hydrogens (tertiary/aromatic N) is 1. The molecule has 3 atom stereocenters. The van der Waals surface area contributed by atoms with E-state index in [0.29, 0.717) is 30.0 Å². The molecule has 0 spiro atoms. The number of rotatable bonds is 2. The minimum Gasteiger partial charge on any atom is -0.481 e. The van der Waals surface area contributed by atoms with Gasteiger partial charge in [0.15, 0.2) is 11.9 Å². The number of carboxylic acid groups (broad SMARTS) is 1. The van der Waals surface area contributed by atoms with Crippen molar-refractivity contribution in [3.05, 3.63) is 23.8 Å². The zero-order valence-electron chi connectivity index (χ0n) is 13.6. The number of amides is 2. The van der Waals surface area contributed by atoms with Crippen LogP contribution in [-0.2, 0) is 9.59 Å². The minimum atomic E-state index is -0.883. The maximum absolute atomic E-state index is 12.9. The molecule has 2 heterocycles. The van der Waals surface area contributed by atoms with Gasteiger partial charge in [-0.1, -0.05) is 13.0 Å². The van der Waals surface area contributed by atoms with Crippen LogP contribution in [0.1, 0.15) is 30.6 Å². The van der Waals surface area contributed by atoms with E-state index in [2.05, 4.69) is 5.32 Å². The maximum Gasteiger partial charge on any atom is 0.308 e. The Balaban J connectivity index is 1.89. The standard InChI is InChI=1S/C17H20N2O5/c1-9-6-11(17(22)23)8-19(7-9)16(21)12-4-3-5-13-14(12)24-10(2)15(20)18-13/h3-5,9-11H,6-8H2,1-2H3,(H,18,20)(H,22,23). The summed E-state index contributed by atoms with van der Waals surface area (Å²) in [5.41, 5.74) is 0.807. The van der Waals surface area contributed by atoms with Crippen molar-refractivity contribution in [2.24, 2.45) is 11.8 Å². The highest BCUT2D eigenvalue weighted by molar-refractivity contribution is 6.04. The fraction of sp³-hybridized carbons (Fsp3) is 0.471. The number of hydrogen-bond donors (Lipinski definition) is 2. The number of para-hydroxylation sites is 1. The van der Waals surface area contributed by atoms with Gasteiger partial charge in [0, 0.05) is 13.1 Å². The third-order valence-corrected chi connectivity index (χ3v) is 4.46. The molecule has 0 aromatic heterocycles. The van der Waals surface area contributed by atoms with Crippen LogP contribution in [-0.4, -0.2) is 47.0 Å². The number of piperidine rings is 1. The van der Waals surface area contributed by atoms with Crippen LogP contribution >= 0.6 is 0 Å². The number of ether oxygens (including phenoxy) is 1. The van der Waals surface area contributed by atoms with Crippen LogP contribution < -0.4 is 10.1 Å². The van der Waals surface area contributed by atoms with E-state index in [1.165, 1.54) is 0 Å². The van der Waals surface area contributed by atoms with Gasteiger partial charge in [-0.2, -0.15) is 0 Å². The summed E-state index contributed by atoms with van der Waals surface area (Å²) in [7, 11) is 0. The smallest absolute Gasteiger partial charge is 0.308 e. The van der Waals surface area contributed by atoms with Crippen LogP contribution in [0.2, 0.25) is 0 Å². The molecule has 128 valence electrons. The molecular weight excluding hydrogens is 312 g/mol. The highest BCUT2D eigenvalue weighted by atomic mass is 16.5. The Bertz CT molecular complexity index is 702. The van der Waals surface area contributed by atoms with Crippen molar-refractivity contribution in [1.29, 1.82) is 0 Å². The zero-order valence-corrected chi connectivity index (χ0v) is 13.6. The first kappa shape index (κ1) is 16.3. The molecule has 7 heteroatoms. The van der Waals surface area contributed by atoms with Crippen molar-refractivity contribution >= 4 is 23.5 Å². The molecule has 2 N–H and O–H groups in total. The second-order valence-corrected chi connectivity index (χ2v) is 6.52. The molecule has 24 heavy (non-hydrogen) atoms. The SMILES string of the molecule is CC1CC(C(=O)O)CN(C(=O)c2cccc3c2OC(C)C(=O)N3)C1. The summed E-state index contributed by atoms with van der Waals surface area (Å²) in [6, 6.07) is 4.99. The number of likely N-dealkylation sites (tertiary alicyclic amines) is 1. The first-order valence-electron chi connectivity index (χ1n) is 7.99. The predicted octanol–water partition coefficient (Wildman–Crippen LogP) is 1.59. The Hall–Kier alpha value is -2.57. The molecule has 0 saturated carbocycles. The van der Waals surface area contributed by atoms with Crippen LogP contribution in [0, 0.1) is 11.8 Å². The van der Waals surface area contributed by atoms with E-state index in [9.17, 15) is 19.5 Å². The van der Waals surface area contributed by atoms with Gasteiger partial charge >= 0.3 is 5.97 Å². The second-order valence-electron chi connectivity index (χ2n) is 6.52. The van der Waals surface area contributed by atoms with Crippen LogP contribution in [0.4, 0.5) is 5.69 Å². The molecule has 3 unspecified atom stereocenters. The molecule has 0 bridgehead atoms. The molecule has 2 amide bonds. The van der Waals surface area contributed by atoms with Gasteiger partial charge in [0.1, 0.15) is 0 Å². The Morgan fingerprint density at radius 2 is 2.04 bits per heavy atom. The normalized spacial score (nSPS) is 26.2. The van der Waals surface area contributed by atoms with E-state index in [0.717, 1.165) is 0 Å². The fourth-order valence-electron chi connectivity index (χ4n) is 3.26. The van der Waals surface area contributed by atoms with Crippen molar-refractivity contribution in [3.8, 4) is 5.75 Å².